The Kier molecular flexibility index (Phi) is 5.27. The van der Waals surface area contributed by atoms with Crippen LogP contribution in [-0.4, -0.2) is 38.6 Å². The second-order valence-corrected chi connectivity index (χ2v) is 6.28. The van der Waals surface area contributed by atoms with Gasteiger partial charge >= 0.3 is 0 Å². The summed E-state index contributed by atoms with van der Waals surface area (Å²) in [6.07, 6.45) is 0.642. The molecule has 3 rings (SSSR count). The maximum absolute atomic E-state index is 5.26. The van der Waals surface area contributed by atoms with Crippen LogP contribution in [0.15, 0.2) is 33.9 Å². The summed E-state index contributed by atoms with van der Waals surface area (Å²) in [5, 5.41) is 13.2. The van der Waals surface area contributed by atoms with Gasteiger partial charge < -0.3 is 9.26 Å². The lowest BCUT2D eigenvalue weighted by atomic mass is 10.2. The lowest BCUT2D eigenvalue weighted by Crippen LogP contribution is -2.00. The van der Waals surface area contributed by atoms with Gasteiger partial charge in [0.05, 0.1) is 12.4 Å². The Bertz CT molecular complexity index is 814. The summed E-state index contributed by atoms with van der Waals surface area (Å²) in [7, 11) is 1.65. The van der Waals surface area contributed by atoms with Crippen molar-refractivity contribution in [3.8, 4) is 5.69 Å². The molecule has 0 aliphatic rings. The molecule has 0 spiro atoms. The third kappa shape index (κ3) is 3.82. The quantitative estimate of drug-likeness (QED) is 0.609. The minimum Gasteiger partial charge on any atom is -0.384 e. The zero-order valence-corrected chi connectivity index (χ0v) is 14.7. The lowest BCUT2D eigenvalue weighted by molar-refractivity contribution is 0.199. The topological polar surface area (TPSA) is 78.9 Å². The van der Waals surface area contributed by atoms with Crippen LogP contribution < -0.4 is 0 Å². The molecular weight excluding hydrogens is 326 g/mol. The van der Waals surface area contributed by atoms with E-state index in [2.05, 4.69) is 39.4 Å². The van der Waals surface area contributed by atoms with Gasteiger partial charge in [-0.3, -0.25) is 4.57 Å². The Morgan fingerprint density at radius 2 is 2.12 bits per heavy atom. The highest BCUT2D eigenvalue weighted by molar-refractivity contribution is 7.98. The van der Waals surface area contributed by atoms with Crippen molar-refractivity contribution in [1.29, 1.82) is 0 Å². The maximum Gasteiger partial charge on any atom is 0.237 e. The van der Waals surface area contributed by atoms with Crippen molar-refractivity contribution in [3.05, 3.63) is 47.4 Å². The maximum atomic E-state index is 5.26. The Hall–Kier alpha value is -2.19. The minimum atomic E-state index is 0.546. The highest BCUT2D eigenvalue weighted by atomic mass is 32.2. The number of aromatic nitrogens is 5. The number of hydrogen-bond donors (Lipinski definition) is 0. The number of ether oxygens (including phenoxy) is 1. The zero-order chi connectivity index (χ0) is 16.9. The Balaban J connectivity index is 1.73. The summed E-state index contributed by atoms with van der Waals surface area (Å²) in [5.74, 6) is 2.62. The molecule has 0 saturated carbocycles. The molecular formula is C16H19N5O2S. The average Bonchev–Trinajstić information content (AvgIpc) is 3.17. The second kappa shape index (κ2) is 7.59. The summed E-state index contributed by atoms with van der Waals surface area (Å²) < 4.78 is 12.3. The van der Waals surface area contributed by atoms with Gasteiger partial charge in [0.1, 0.15) is 5.82 Å². The highest BCUT2D eigenvalue weighted by Gasteiger charge is 2.14. The van der Waals surface area contributed by atoms with E-state index in [1.54, 1.807) is 7.11 Å². The van der Waals surface area contributed by atoms with Crippen LogP contribution in [0.2, 0.25) is 0 Å². The molecule has 8 heteroatoms. The normalized spacial score (nSPS) is 11.1. The van der Waals surface area contributed by atoms with E-state index in [-0.39, 0.29) is 0 Å². The van der Waals surface area contributed by atoms with E-state index in [0.29, 0.717) is 30.5 Å². The smallest absolute Gasteiger partial charge is 0.237 e. The van der Waals surface area contributed by atoms with Crippen molar-refractivity contribution in [3.63, 3.8) is 0 Å². The predicted octanol–water partition coefficient (Wildman–Crippen LogP) is 2.75. The van der Waals surface area contributed by atoms with Crippen LogP contribution in [0, 0.1) is 13.8 Å². The van der Waals surface area contributed by atoms with Gasteiger partial charge in [-0.1, -0.05) is 29.1 Å². The first-order valence-electron chi connectivity index (χ1n) is 7.59. The Morgan fingerprint density at radius 3 is 2.92 bits per heavy atom. The van der Waals surface area contributed by atoms with Gasteiger partial charge in [0.15, 0.2) is 11.0 Å². The van der Waals surface area contributed by atoms with Crippen LogP contribution in [0.1, 0.15) is 23.1 Å². The van der Waals surface area contributed by atoms with E-state index in [1.807, 2.05) is 23.6 Å². The third-order valence-electron chi connectivity index (χ3n) is 3.42. The van der Waals surface area contributed by atoms with Crippen LogP contribution in [-0.2, 0) is 16.9 Å². The third-order valence-corrected chi connectivity index (χ3v) is 4.33. The molecule has 0 saturated heterocycles. The molecule has 2 aromatic heterocycles. The van der Waals surface area contributed by atoms with Crippen LogP contribution in [0.4, 0.5) is 0 Å². The standard InChI is InChI=1S/C16H19N5O2S/c1-11-5-4-6-13(9-11)21-12(2)18-19-16(21)24-10-15-17-14(20-23-15)7-8-22-3/h4-6,9H,7-8,10H2,1-3H3. The van der Waals surface area contributed by atoms with Gasteiger partial charge in [0.25, 0.3) is 0 Å². The van der Waals surface area contributed by atoms with Crippen molar-refractivity contribution < 1.29 is 9.26 Å². The first kappa shape index (κ1) is 16.7. The molecule has 0 amide bonds. The molecule has 0 aliphatic heterocycles. The first-order chi connectivity index (χ1) is 11.7. The number of benzene rings is 1. The van der Waals surface area contributed by atoms with Crippen LogP contribution >= 0.6 is 11.8 Å². The van der Waals surface area contributed by atoms with Crippen molar-refractivity contribution in [2.24, 2.45) is 0 Å². The number of nitrogens with zero attached hydrogens (tertiary/aromatic N) is 5. The largest absolute Gasteiger partial charge is 0.384 e. The van der Waals surface area contributed by atoms with Gasteiger partial charge in [0, 0.05) is 19.2 Å². The molecule has 3 aromatic rings. The fourth-order valence-electron chi connectivity index (χ4n) is 2.27. The van der Waals surface area contributed by atoms with Crippen molar-refractivity contribution in [1.82, 2.24) is 24.9 Å². The van der Waals surface area contributed by atoms with Crippen LogP contribution in [0.25, 0.3) is 5.69 Å². The van der Waals surface area contributed by atoms with E-state index in [1.165, 1.54) is 17.3 Å². The lowest BCUT2D eigenvalue weighted by Gasteiger charge is -2.08. The number of thioether (sulfide) groups is 1. The van der Waals surface area contributed by atoms with E-state index in [0.717, 1.165) is 16.7 Å². The number of hydrogen-bond acceptors (Lipinski definition) is 7. The minimum absolute atomic E-state index is 0.546. The average molecular weight is 345 g/mol. The van der Waals surface area contributed by atoms with E-state index in [9.17, 15) is 0 Å². The van der Waals surface area contributed by atoms with E-state index in [4.69, 9.17) is 9.26 Å². The van der Waals surface area contributed by atoms with Crippen molar-refractivity contribution in [2.45, 2.75) is 31.2 Å². The van der Waals surface area contributed by atoms with E-state index >= 15 is 0 Å². The summed E-state index contributed by atoms with van der Waals surface area (Å²) in [4.78, 5) is 4.35. The molecule has 0 N–H and O–H groups in total. The molecule has 7 nitrogen and oxygen atoms in total. The molecule has 2 heterocycles. The highest BCUT2D eigenvalue weighted by Crippen LogP contribution is 2.25. The molecule has 0 unspecified atom stereocenters. The summed E-state index contributed by atoms with van der Waals surface area (Å²) in [6.45, 7) is 4.58. The SMILES string of the molecule is COCCc1noc(CSc2nnc(C)n2-c2cccc(C)c2)n1. The Morgan fingerprint density at radius 1 is 1.25 bits per heavy atom. The molecule has 1 aromatic carbocycles. The van der Waals surface area contributed by atoms with Gasteiger partial charge in [0.2, 0.25) is 5.89 Å². The molecule has 0 fully saturated rings. The summed E-state index contributed by atoms with van der Waals surface area (Å²) >= 11 is 1.52. The fourth-order valence-corrected chi connectivity index (χ4v) is 3.11. The second-order valence-electron chi connectivity index (χ2n) is 5.34. The molecule has 0 atom stereocenters. The molecule has 0 radical (unpaired) electrons. The molecule has 0 aliphatic carbocycles. The molecule has 24 heavy (non-hydrogen) atoms. The fraction of sp³-hybridized carbons (Fsp3) is 0.375. The molecule has 0 bridgehead atoms. The van der Waals surface area contributed by atoms with Crippen molar-refractivity contribution >= 4 is 11.8 Å². The molecule has 126 valence electrons. The van der Waals surface area contributed by atoms with Gasteiger partial charge in [-0.05, 0) is 31.5 Å². The van der Waals surface area contributed by atoms with Gasteiger partial charge in [-0.2, -0.15) is 4.98 Å². The zero-order valence-electron chi connectivity index (χ0n) is 13.9. The van der Waals surface area contributed by atoms with Crippen molar-refractivity contribution in [2.75, 3.05) is 13.7 Å². The number of aryl methyl sites for hydroxylation is 2. The summed E-state index contributed by atoms with van der Waals surface area (Å²) in [6, 6.07) is 8.24. The predicted molar refractivity (Wildman–Crippen MR) is 90.3 cm³/mol. The van der Waals surface area contributed by atoms with Gasteiger partial charge in [-0.25, -0.2) is 0 Å². The monoisotopic (exact) mass is 345 g/mol. The van der Waals surface area contributed by atoms with Crippen LogP contribution in [0.5, 0.6) is 0 Å². The Labute approximate surface area is 144 Å². The van der Waals surface area contributed by atoms with Gasteiger partial charge in [-0.15, -0.1) is 10.2 Å². The first-order valence-corrected chi connectivity index (χ1v) is 8.58. The summed E-state index contributed by atoms with van der Waals surface area (Å²) in [5.41, 5.74) is 2.24. The number of methoxy groups -OCH3 is 1. The number of rotatable bonds is 7. The van der Waals surface area contributed by atoms with E-state index < -0.39 is 0 Å². The van der Waals surface area contributed by atoms with Crippen LogP contribution in [0.3, 0.4) is 0 Å².